The lowest BCUT2D eigenvalue weighted by atomic mass is 10.2. The maximum absolute atomic E-state index is 12.8. The Morgan fingerprint density at radius 1 is 1.14 bits per heavy atom. The van der Waals surface area contributed by atoms with Crippen LogP contribution in [0.4, 0.5) is 0 Å². The first-order chi connectivity index (χ1) is 13.6. The molecule has 146 valence electrons. The highest BCUT2D eigenvalue weighted by Gasteiger charge is 2.14. The van der Waals surface area contributed by atoms with Crippen molar-refractivity contribution in [1.29, 1.82) is 0 Å². The normalized spacial score (nSPS) is 11.6. The van der Waals surface area contributed by atoms with Crippen molar-refractivity contribution in [2.24, 2.45) is 4.99 Å². The molecule has 1 heterocycles. The summed E-state index contributed by atoms with van der Waals surface area (Å²) in [4.78, 5) is 29.3. The van der Waals surface area contributed by atoms with E-state index in [1.54, 1.807) is 24.3 Å². The molecule has 3 aromatic rings. The number of ether oxygens (including phenoxy) is 2. The number of hydrogen-bond acceptors (Lipinski definition) is 5. The van der Waals surface area contributed by atoms with Crippen molar-refractivity contribution in [3.8, 4) is 5.75 Å². The van der Waals surface area contributed by atoms with Gasteiger partial charge < -0.3 is 14.0 Å². The zero-order valence-corrected chi connectivity index (χ0v) is 16.9. The van der Waals surface area contributed by atoms with Crippen molar-refractivity contribution in [3.63, 3.8) is 0 Å². The minimum atomic E-state index is -0.383. The smallest absolute Gasteiger partial charge is 0.307 e. The van der Waals surface area contributed by atoms with E-state index in [2.05, 4.69) is 24.0 Å². The van der Waals surface area contributed by atoms with Crippen molar-refractivity contribution in [2.45, 2.75) is 26.3 Å². The largest absolute Gasteiger partial charge is 0.496 e. The molecule has 7 heteroatoms. The van der Waals surface area contributed by atoms with Crippen LogP contribution in [-0.4, -0.2) is 30.7 Å². The van der Waals surface area contributed by atoms with Gasteiger partial charge in [-0.2, -0.15) is 4.99 Å². The maximum Gasteiger partial charge on any atom is 0.307 e. The number of carbonyl (C=O) groups excluding carboxylic acids is 2. The zero-order valence-electron chi connectivity index (χ0n) is 16.1. The first kappa shape index (κ1) is 19.8. The second-order valence-electron chi connectivity index (χ2n) is 6.14. The Balaban J connectivity index is 2.10. The number of nitrogens with zero attached hydrogens (tertiary/aromatic N) is 2. The summed E-state index contributed by atoms with van der Waals surface area (Å²) in [7, 11) is 2.89. The van der Waals surface area contributed by atoms with Crippen LogP contribution in [0, 0.1) is 0 Å². The van der Waals surface area contributed by atoms with Crippen LogP contribution in [0.2, 0.25) is 0 Å². The fourth-order valence-electron chi connectivity index (χ4n) is 2.91. The van der Waals surface area contributed by atoms with Crippen molar-refractivity contribution in [3.05, 3.63) is 58.4 Å². The molecule has 6 nitrogen and oxygen atoms in total. The number of rotatable bonds is 6. The molecule has 0 spiro atoms. The average molecular weight is 398 g/mol. The molecule has 28 heavy (non-hydrogen) atoms. The number of fused-ring (bicyclic) bond motifs is 1. The first-order valence-electron chi connectivity index (χ1n) is 8.98. The van der Waals surface area contributed by atoms with Crippen LogP contribution in [0.3, 0.4) is 0 Å². The number of para-hydroxylation sites is 1. The van der Waals surface area contributed by atoms with E-state index in [0.717, 1.165) is 16.6 Å². The summed E-state index contributed by atoms with van der Waals surface area (Å²) in [5, 5.41) is 0. The van der Waals surface area contributed by atoms with E-state index in [-0.39, 0.29) is 18.3 Å². The molecule has 0 saturated heterocycles. The SMILES string of the molecule is CCc1ccc2c(c1)sc(=NC(=O)c1ccccc1OC)n2CCC(=O)OC. The summed E-state index contributed by atoms with van der Waals surface area (Å²) in [6.07, 6.45) is 1.12. The minimum absolute atomic E-state index is 0.202. The summed E-state index contributed by atoms with van der Waals surface area (Å²) in [5.41, 5.74) is 2.55. The van der Waals surface area contributed by atoms with Gasteiger partial charge in [-0.25, -0.2) is 0 Å². The molecule has 2 aromatic carbocycles. The lowest BCUT2D eigenvalue weighted by Gasteiger charge is -2.06. The van der Waals surface area contributed by atoms with Crippen LogP contribution < -0.4 is 9.54 Å². The zero-order chi connectivity index (χ0) is 20.1. The Labute approximate surface area is 167 Å². The van der Waals surface area contributed by atoms with Crippen LogP contribution in [0.15, 0.2) is 47.5 Å². The first-order valence-corrected chi connectivity index (χ1v) is 9.80. The third-order valence-corrected chi connectivity index (χ3v) is 5.50. The monoisotopic (exact) mass is 398 g/mol. The lowest BCUT2D eigenvalue weighted by Crippen LogP contribution is -2.19. The number of hydrogen-bond donors (Lipinski definition) is 0. The van der Waals surface area contributed by atoms with Gasteiger partial charge in [-0.3, -0.25) is 9.59 Å². The summed E-state index contributed by atoms with van der Waals surface area (Å²) in [5.74, 6) is -0.211. The van der Waals surface area contributed by atoms with Gasteiger partial charge in [-0.1, -0.05) is 36.5 Å². The number of aromatic nitrogens is 1. The van der Waals surface area contributed by atoms with Gasteiger partial charge in [0.1, 0.15) is 5.75 Å². The van der Waals surface area contributed by atoms with Gasteiger partial charge in [0.15, 0.2) is 4.80 Å². The van der Waals surface area contributed by atoms with Crippen molar-refractivity contribution < 1.29 is 19.1 Å². The van der Waals surface area contributed by atoms with E-state index in [0.29, 0.717) is 22.7 Å². The Morgan fingerprint density at radius 2 is 1.93 bits per heavy atom. The number of thiazole rings is 1. The van der Waals surface area contributed by atoms with Crippen LogP contribution >= 0.6 is 11.3 Å². The highest BCUT2D eigenvalue weighted by atomic mass is 32.1. The quantitative estimate of drug-likeness (QED) is 0.595. The molecule has 1 aromatic heterocycles. The standard InChI is InChI=1S/C21H22N2O4S/c1-4-14-9-10-16-18(13-14)28-21(23(16)12-11-19(24)27-3)22-20(25)15-7-5-6-8-17(15)26-2/h5-10,13H,4,11-12H2,1-3H3. The predicted molar refractivity (Wildman–Crippen MR) is 109 cm³/mol. The summed E-state index contributed by atoms with van der Waals surface area (Å²) < 4.78 is 12.9. The number of benzene rings is 2. The summed E-state index contributed by atoms with van der Waals surface area (Å²) >= 11 is 1.43. The second-order valence-corrected chi connectivity index (χ2v) is 7.14. The third kappa shape index (κ3) is 4.14. The lowest BCUT2D eigenvalue weighted by molar-refractivity contribution is -0.140. The van der Waals surface area contributed by atoms with Crippen LogP contribution in [-0.2, 0) is 22.5 Å². The predicted octanol–water partition coefficient (Wildman–Crippen LogP) is 3.58. The van der Waals surface area contributed by atoms with E-state index in [4.69, 9.17) is 9.47 Å². The Morgan fingerprint density at radius 3 is 2.64 bits per heavy atom. The second kappa shape index (κ2) is 8.84. The topological polar surface area (TPSA) is 69.9 Å². The molecule has 0 bridgehead atoms. The summed E-state index contributed by atoms with van der Waals surface area (Å²) in [6.45, 7) is 2.48. The highest BCUT2D eigenvalue weighted by molar-refractivity contribution is 7.16. The number of esters is 1. The molecule has 0 aliphatic heterocycles. The molecule has 3 rings (SSSR count). The fraction of sp³-hybridized carbons (Fsp3) is 0.286. The highest BCUT2D eigenvalue weighted by Crippen LogP contribution is 2.21. The van der Waals surface area contributed by atoms with Crippen molar-refractivity contribution >= 4 is 33.4 Å². The molecule has 0 atom stereocenters. The van der Waals surface area contributed by atoms with Gasteiger partial charge in [-0.05, 0) is 36.2 Å². The Hall–Kier alpha value is -2.93. The van der Waals surface area contributed by atoms with E-state index in [1.807, 2.05) is 10.6 Å². The van der Waals surface area contributed by atoms with Gasteiger partial charge >= 0.3 is 5.97 Å². The molecule has 1 amide bonds. The molecule has 0 radical (unpaired) electrons. The number of amides is 1. The Kier molecular flexibility index (Phi) is 6.26. The summed E-state index contributed by atoms with van der Waals surface area (Å²) in [6, 6.07) is 13.1. The molecule has 0 unspecified atom stereocenters. The van der Waals surface area contributed by atoms with E-state index < -0.39 is 0 Å². The van der Waals surface area contributed by atoms with E-state index >= 15 is 0 Å². The molecule has 0 saturated carbocycles. The van der Waals surface area contributed by atoms with Crippen LogP contribution in [0.25, 0.3) is 10.2 Å². The van der Waals surface area contributed by atoms with Gasteiger partial charge in [0.25, 0.3) is 5.91 Å². The van der Waals surface area contributed by atoms with Crippen LogP contribution in [0.5, 0.6) is 5.75 Å². The molecule has 0 aliphatic carbocycles. The van der Waals surface area contributed by atoms with Gasteiger partial charge in [0.2, 0.25) is 0 Å². The fourth-order valence-corrected chi connectivity index (χ4v) is 4.03. The number of aryl methyl sites for hydroxylation is 2. The molecular formula is C21H22N2O4S. The maximum atomic E-state index is 12.8. The number of carbonyl (C=O) groups is 2. The van der Waals surface area contributed by atoms with Crippen LogP contribution in [0.1, 0.15) is 29.3 Å². The van der Waals surface area contributed by atoms with Gasteiger partial charge in [-0.15, -0.1) is 0 Å². The van der Waals surface area contributed by atoms with E-state index in [9.17, 15) is 9.59 Å². The minimum Gasteiger partial charge on any atom is -0.496 e. The van der Waals surface area contributed by atoms with Gasteiger partial charge in [0.05, 0.1) is 36.4 Å². The molecule has 0 aliphatic rings. The molecular weight excluding hydrogens is 376 g/mol. The third-order valence-electron chi connectivity index (χ3n) is 4.46. The van der Waals surface area contributed by atoms with Gasteiger partial charge in [0, 0.05) is 6.54 Å². The van der Waals surface area contributed by atoms with E-state index in [1.165, 1.54) is 31.1 Å². The Bertz CT molecular complexity index is 1080. The van der Waals surface area contributed by atoms with Crippen molar-refractivity contribution in [1.82, 2.24) is 4.57 Å². The van der Waals surface area contributed by atoms with Crippen molar-refractivity contribution in [2.75, 3.05) is 14.2 Å². The molecule has 0 fully saturated rings. The average Bonchev–Trinajstić information content (AvgIpc) is 3.07. The molecule has 0 N–H and O–H groups in total. The number of methoxy groups -OCH3 is 2.